The molecule has 0 aliphatic carbocycles. The molecule has 0 bridgehead atoms. The van der Waals surface area contributed by atoms with Gasteiger partial charge >= 0.3 is 0 Å². The van der Waals surface area contributed by atoms with Crippen molar-refractivity contribution in [2.24, 2.45) is 0 Å². The number of amides is 1. The third-order valence-electron chi connectivity index (χ3n) is 4.03. The van der Waals surface area contributed by atoms with Gasteiger partial charge in [0, 0.05) is 17.5 Å². The van der Waals surface area contributed by atoms with Gasteiger partial charge < -0.3 is 5.32 Å². The minimum atomic E-state index is -3.45. The highest BCUT2D eigenvalue weighted by atomic mass is 32.2. The Bertz CT molecular complexity index is 1040. The summed E-state index contributed by atoms with van der Waals surface area (Å²) in [4.78, 5) is 16.5. The van der Waals surface area contributed by atoms with Crippen molar-refractivity contribution in [2.75, 3.05) is 12.4 Å². The number of nitrogens with zero attached hydrogens (tertiary/aromatic N) is 2. The number of nitrogens with one attached hydrogen (secondary N) is 3. The average Bonchev–Trinajstić information content (AvgIpc) is 3.01. The fraction of sp³-hybridized carbons (Fsp3) is 0.235. The SMILES string of the molecule is CNS(=O)(=O)c1ccc(CCC(=O)Nc2cnc3n[nH]c(C)c3c2)cc1. The van der Waals surface area contributed by atoms with Gasteiger partial charge in [0.1, 0.15) is 0 Å². The first-order chi connectivity index (χ1) is 12.4. The molecule has 2 heterocycles. The number of fused-ring (bicyclic) bond motifs is 1. The molecule has 1 aromatic carbocycles. The minimum Gasteiger partial charge on any atom is -0.325 e. The summed E-state index contributed by atoms with van der Waals surface area (Å²) in [6.07, 6.45) is 2.35. The number of hydrogen-bond acceptors (Lipinski definition) is 5. The monoisotopic (exact) mass is 373 g/mol. The fourth-order valence-corrected chi connectivity index (χ4v) is 3.25. The smallest absolute Gasteiger partial charge is 0.240 e. The summed E-state index contributed by atoms with van der Waals surface area (Å²) in [6, 6.07) is 8.30. The Hall–Kier alpha value is -2.78. The number of carbonyl (C=O) groups is 1. The Morgan fingerprint density at radius 3 is 2.65 bits per heavy atom. The molecule has 0 radical (unpaired) electrons. The Balaban J connectivity index is 1.60. The van der Waals surface area contributed by atoms with Crippen LogP contribution < -0.4 is 10.0 Å². The Kier molecular flexibility index (Phi) is 5.01. The molecule has 0 atom stereocenters. The number of aromatic amines is 1. The lowest BCUT2D eigenvalue weighted by Crippen LogP contribution is -2.18. The van der Waals surface area contributed by atoms with Crippen molar-refractivity contribution in [3.63, 3.8) is 0 Å². The molecule has 9 heteroatoms. The highest BCUT2D eigenvalue weighted by molar-refractivity contribution is 7.89. The molecule has 0 spiro atoms. The Morgan fingerprint density at radius 2 is 1.96 bits per heavy atom. The minimum absolute atomic E-state index is 0.140. The number of pyridine rings is 1. The molecule has 3 N–H and O–H groups in total. The van der Waals surface area contributed by atoms with Crippen LogP contribution in [0.25, 0.3) is 11.0 Å². The summed E-state index contributed by atoms with van der Waals surface area (Å²) < 4.78 is 25.6. The van der Waals surface area contributed by atoms with Crippen LogP contribution in [0.2, 0.25) is 0 Å². The van der Waals surface area contributed by atoms with Crippen LogP contribution in [-0.4, -0.2) is 36.6 Å². The van der Waals surface area contributed by atoms with Crippen LogP contribution in [0.1, 0.15) is 17.7 Å². The standard InChI is InChI=1S/C17H19N5O3S/c1-11-15-9-13(10-19-17(15)22-21-11)20-16(23)8-5-12-3-6-14(7-4-12)26(24,25)18-2/h3-4,6-7,9-10,18H,5,8H2,1-2H3,(H,20,23)(H,19,21,22). The Morgan fingerprint density at radius 1 is 1.23 bits per heavy atom. The molecular weight excluding hydrogens is 354 g/mol. The van der Waals surface area contributed by atoms with Crippen molar-refractivity contribution in [2.45, 2.75) is 24.7 Å². The van der Waals surface area contributed by atoms with E-state index < -0.39 is 10.0 Å². The normalized spacial score (nSPS) is 11.6. The van der Waals surface area contributed by atoms with E-state index in [1.807, 2.05) is 13.0 Å². The van der Waals surface area contributed by atoms with Crippen LogP contribution in [0, 0.1) is 6.92 Å². The van der Waals surface area contributed by atoms with Crippen molar-refractivity contribution in [3.05, 3.63) is 47.8 Å². The van der Waals surface area contributed by atoms with Gasteiger partial charge in [0.2, 0.25) is 15.9 Å². The maximum absolute atomic E-state index is 12.1. The van der Waals surface area contributed by atoms with E-state index in [2.05, 4.69) is 25.2 Å². The zero-order valence-electron chi connectivity index (χ0n) is 14.4. The summed E-state index contributed by atoms with van der Waals surface area (Å²) >= 11 is 0. The third kappa shape index (κ3) is 3.89. The van der Waals surface area contributed by atoms with E-state index in [9.17, 15) is 13.2 Å². The summed E-state index contributed by atoms with van der Waals surface area (Å²) in [5.74, 6) is -0.140. The predicted octanol–water partition coefficient (Wildman–Crippen LogP) is 1.75. The molecule has 2 aromatic heterocycles. The molecule has 0 aliphatic rings. The van der Waals surface area contributed by atoms with E-state index in [0.717, 1.165) is 16.6 Å². The van der Waals surface area contributed by atoms with Crippen LogP contribution in [0.3, 0.4) is 0 Å². The maximum atomic E-state index is 12.1. The summed E-state index contributed by atoms with van der Waals surface area (Å²) in [5.41, 5.74) is 2.99. The fourth-order valence-electron chi connectivity index (χ4n) is 2.52. The van der Waals surface area contributed by atoms with Crippen molar-refractivity contribution >= 4 is 32.7 Å². The van der Waals surface area contributed by atoms with Crippen molar-refractivity contribution < 1.29 is 13.2 Å². The van der Waals surface area contributed by atoms with Crippen LogP contribution in [0.15, 0.2) is 41.4 Å². The van der Waals surface area contributed by atoms with Gasteiger partial charge in [-0.05, 0) is 44.2 Å². The number of rotatable bonds is 6. The molecule has 8 nitrogen and oxygen atoms in total. The molecule has 0 saturated carbocycles. The maximum Gasteiger partial charge on any atom is 0.240 e. The predicted molar refractivity (Wildman–Crippen MR) is 98.3 cm³/mol. The quantitative estimate of drug-likeness (QED) is 0.608. The third-order valence-corrected chi connectivity index (χ3v) is 5.46. The Labute approximate surface area is 151 Å². The van der Waals surface area contributed by atoms with Crippen molar-refractivity contribution in [1.29, 1.82) is 0 Å². The van der Waals surface area contributed by atoms with E-state index in [4.69, 9.17) is 0 Å². The van der Waals surface area contributed by atoms with E-state index in [0.29, 0.717) is 17.8 Å². The number of H-pyrrole nitrogens is 1. The molecule has 26 heavy (non-hydrogen) atoms. The summed E-state index contributed by atoms with van der Waals surface area (Å²) in [7, 11) is -2.08. The van der Waals surface area contributed by atoms with Gasteiger partial charge in [0.15, 0.2) is 5.65 Å². The first-order valence-electron chi connectivity index (χ1n) is 8.02. The van der Waals surface area contributed by atoms with Crippen LogP contribution in [0.4, 0.5) is 5.69 Å². The second kappa shape index (κ2) is 7.22. The van der Waals surface area contributed by atoms with Crippen molar-refractivity contribution in [3.8, 4) is 0 Å². The highest BCUT2D eigenvalue weighted by Crippen LogP contribution is 2.18. The van der Waals surface area contributed by atoms with Gasteiger partial charge in [-0.25, -0.2) is 18.1 Å². The van der Waals surface area contributed by atoms with E-state index >= 15 is 0 Å². The van der Waals surface area contributed by atoms with E-state index in [-0.39, 0.29) is 17.2 Å². The van der Waals surface area contributed by atoms with Gasteiger partial charge in [-0.15, -0.1) is 0 Å². The number of hydrogen-bond donors (Lipinski definition) is 3. The zero-order chi connectivity index (χ0) is 18.7. The summed E-state index contributed by atoms with van der Waals surface area (Å²) in [5, 5.41) is 10.6. The average molecular weight is 373 g/mol. The number of carbonyl (C=O) groups excluding carboxylic acids is 1. The van der Waals surface area contributed by atoms with Crippen LogP contribution in [-0.2, 0) is 21.2 Å². The van der Waals surface area contributed by atoms with E-state index in [1.54, 1.807) is 18.3 Å². The molecule has 1 amide bonds. The lowest BCUT2D eigenvalue weighted by atomic mass is 10.1. The second-order valence-corrected chi connectivity index (χ2v) is 7.73. The number of sulfonamides is 1. The number of aryl methyl sites for hydroxylation is 2. The van der Waals surface area contributed by atoms with Gasteiger partial charge in [-0.1, -0.05) is 12.1 Å². The first-order valence-corrected chi connectivity index (χ1v) is 9.50. The van der Waals surface area contributed by atoms with E-state index in [1.165, 1.54) is 19.2 Å². The molecule has 3 rings (SSSR count). The number of aromatic nitrogens is 3. The topological polar surface area (TPSA) is 117 Å². The largest absolute Gasteiger partial charge is 0.325 e. The first kappa shape index (κ1) is 18.0. The number of benzene rings is 1. The highest BCUT2D eigenvalue weighted by Gasteiger charge is 2.11. The molecular formula is C17H19N5O3S. The van der Waals surface area contributed by atoms with Gasteiger partial charge in [0.05, 0.1) is 16.8 Å². The second-order valence-electron chi connectivity index (χ2n) is 5.84. The van der Waals surface area contributed by atoms with Crippen LogP contribution in [0.5, 0.6) is 0 Å². The van der Waals surface area contributed by atoms with Gasteiger partial charge in [-0.2, -0.15) is 5.10 Å². The number of anilines is 1. The van der Waals surface area contributed by atoms with Crippen molar-refractivity contribution in [1.82, 2.24) is 19.9 Å². The molecule has 0 saturated heterocycles. The summed E-state index contributed by atoms with van der Waals surface area (Å²) in [6.45, 7) is 1.89. The van der Waals surface area contributed by atoms with Gasteiger partial charge in [0.25, 0.3) is 0 Å². The van der Waals surface area contributed by atoms with Gasteiger partial charge in [-0.3, -0.25) is 9.89 Å². The zero-order valence-corrected chi connectivity index (χ0v) is 15.2. The molecule has 0 unspecified atom stereocenters. The molecule has 3 aromatic rings. The molecule has 0 aliphatic heterocycles. The molecule has 136 valence electrons. The lowest BCUT2D eigenvalue weighted by Gasteiger charge is -2.06. The lowest BCUT2D eigenvalue weighted by molar-refractivity contribution is -0.116. The van der Waals surface area contributed by atoms with Crippen LogP contribution >= 0.6 is 0 Å². The molecule has 0 fully saturated rings.